The Hall–Kier alpha value is -3.07. The van der Waals surface area contributed by atoms with Gasteiger partial charge in [-0.2, -0.15) is 13.2 Å². The maximum atomic E-state index is 13.4. The number of amides is 1. The Bertz CT molecular complexity index is 849. The fraction of sp³-hybridized carbons (Fsp3) is 0.263. The Kier molecular flexibility index (Phi) is 6.63. The molecule has 2 rings (SSSR count). The highest BCUT2D eigenvalue weighted by molar-refractivity contribution is 6.04. The van der Waals surface area contributed by atoms with Crippen LogP contribution in [-0.2, 0) is 12.6 Å². The molecule has 0 fully saturated rings. The van der Waals surface area contributed by atoms with Crippen LogP contribution in [0.5, 0.6) is 11.5 Å². The number of nitrogens with one attached hydrogen (secondary N) is 2. The van der Waals surface area contributed by atoms with Crippen LogP contribution in [0.15, 0.2) is 42.5 Å². The first kappa shape index (κ1) is 21.2. The van der Waals surface area contributed by atoms with E-state index in [0.29, 0.717) is 6.07 Å². The van der Waals surface area contributed by atoms with Crippen LogP contribution < -0.4 is 15.8 Å². The van der Waals surface area contributed by atoms with Gasteiger partial charge in [0.2, 0.25) is 0 Å². The third-order valence-corrected chi connectivity index (χ3v) is 3.79. The molecule has 9 heteroatoms. The molecule has 0 unspecified atom stereocenters. The number of halogens is 3. The Balaban J connectivity index is 2.24. The summed E-state index contributed by atoms with van der Waals surface area (Å²) in [5, 5.41) is 8.95. The second-order valence-corrected chi connectivity index (χ2v) is 6.38. The first-order valence-corrected chi connectivity index (χ1v) is 8.34. The first-order chi connectivity index (χ1) is 13.1. The molecule has 2 aromatic rings. The van der Waals surface area contributed by atoms with Gasteiger partial charge >= 0.3 is 6.18 Å². The van der Waals surface area contributed by atoms with E-state index in [2.05, 4.69) is 0 Å². The number of carbonyl (C=O) groups excluding carboxylic acids is 1. The predicted molar refractivity (Wildman–Crippen MR) is 99.6 cm³/mol. The minimum absolute atomic E-state index is 0.250. The summed E-state index contributed by atoms with van der Waals surface area (Å²) >= 11 is 0. The zero-order valence-electron chi connectivity index (χ0n) is 15.4. The zero-order valence-corrected chi connectivity index (χ0v) is 15.4. The summed E-state index contributed by atoms with van der Waals surface area (Å²) < 4.78 is 45.6. The monoisotopic (exact) mass is 394 g/mol. The van der Waals surface area contributed by atoms with Gasteiger partial charge < -0.3 is 15.4 Å². The molecule has 0 spiro atoms. The van der Waals surface area contributed by atoms with Crippen LogP contribution in [0.2, 0.25) is 0 Å². The molecule has 0 atom stereocenters. The van der Waals surface area contributed by atoms with Gasteiger partial charge in [0.25, 0.3) is 5.91 Å². The Labute approximate surface area is 160 Å². The molecule has 0 bridgehead atoms. The van der Waals surface area contributed by atoms with Crippen LogP contribution in [0.4, 0.5) is 13.2 Å². The van der Waals surface area contributed by atoms with Gasteiger partial charge in [-0.1, -0.05) is 12.1 Å². The summed E-state index contributed by atoms with van der Waals surface area (Å²) in [6.45, 7) is 0.849. The maximum Gasteiger partial charge on any atom is 0.420 e. The van der Waals surface area contributed by atoms with Gasteiger partial charge in [0.15, 0.2) is 5.96 Å². The number of nitrogens with zero attached hydrogens (tertiary/aromatic N) is 1. The van der Waals surface area contributed by atoms with E-state index in [1.807, 2.05) is 24.3 Å². The van der Waals surface area contributed by atoms with Crippen LogP contribution in [0, 0.1) is 5.41 Å². The largest absolute Gasteiger partial charge is 0.457 e. The van der Waals surface area contributed by atoms with E-state index < -0.39 is 29.4 Å². The number of alkyl halides is 3. The molecule has 0 aromatic heterocycles. The fourth-order valence-electron chi connectivity index (χ4n) is 2.38. The van der Waals surface area contributed by atoms with Crippen molar-refractivity contribution in [2.45, 2.75) is 12.6 Å². The minimum Gasteiger partial charge on any atom is -0.457 e. The zero-order chi connectivity index (χ0) is 20.9. The number of carbonyl (C=O) groups is 1. The lowest BCUT2D eigenvalue weighted by atomic mass is 10.1. The molecule has 0 aliphatic heterocycles. The van der Waals surface area contributed by atoms with Crippen molar-refractivity contribution < 1.29 is 22.7 Å². The second kappa shape index (κ2) is 8.75. The van der Waals surface area contributed by atoms with Crippen LogP contribution in [-0.4, -0.2) is 37.4 Å². The van der Waals surface area contributed by atoms with Crippen molar-refractivity contribution in [1.82, 2.24) is 10.2 Å². The van der Waals surface area contributed by atoms with Gasteiger partial charge in [-0.25, -0.2) is 0 Å². The SMILES string of the molecule is CN(C)CCc1ccc(Oc2ccc(C(=O)NC(=N)N)cc2C(F)(F)F)cc1. The lowest BCUT2D eigenvalue weighted by Crippen LogP contribution is -2.35. The molecule has 6 nitrogen and oxygen atoms in total. The van der Waals surface area contributed by atoms with Gasteiger partial charge in [0, 0.05) is 12.1 Å². The van der Waals surface area contributed by atoms with Gasteiger partial charge in [-0.15, -0.1) is 0 Å². The van der Waals surface area contributed by atoms with Crippen molar-refractivity contribution >= 4 is 11.9 Å². The smallest absolute Gasteiger partial charge is 0.420 e. The lowest BCUT2D eigenvalue weighted by Gasteiger charge is -2.15. The van der Waals surface area contributed by atoms with E-state index in [-0.39, 0.29) is 11.3 Å². The molecule has 150 valence electrons. The topological polar surface area (TPSA) is 91.4 Å². The number of guanidine groups is 1. The van der Waals surface area contributed by atoms with Gasteiger partial charge in [0.1, 0.15) is 11.5 Å². The van der Waals surface area contributed by atoms with E-state index in [1.54, 1.807) is 24.3 Å². The molecular formula is C19H21F3N4O2. The number of benzene rings is 2. The van der Waals surface area contributed by atoms with E-state index in [9.17, 15) is 18.0 Å². The van der Waals surface area contributed by atoms with Crippen molar-refractivity contribution in [2.24, 2.45) is 5.73 Å². The van der Waals surface area contributed by atoms with E-state index >= 15 is 0 Å². The van der Waals surface area contributed by atoms with Crippen molar-refractivity contribution in [1.29, 1.82) is 5.41 Å². The molecule has 0 saturated heterocycles. The fourth-order valence-corrected chi connectivity index (χ4v) is 2.38. The second-order valence-electron chi connectivity index (χ2n) is 6.38. The third kappa shape index (κ3) is 5.98. The summed E-state index contributed by atoms with van der Waals surface area (Å²) in [7, 11) is 3.91. The average Bonchev–Trinajstić information content (AvgIpc) is 2.60. The highest BCUT2D eigenvalue weighted by atomic mass is 19.4. The molecule has 0 aliphatic rings. The predicted octanol–water partition coefficient (Wildman–Crippen LogP) is 3.23. The molecule has 1 amide bonds. The lowest BCUT2D eigenvalue weighted by molar-refractivity contribution is -0.138. The Morgan fingerprint density at radius 1 is 1.18 bits per heavy atom. The number of rotatable bonds is 6. The van der Waals surface area contributed by atoms with Crippen molar-refractivity contribution in [2.75, 3.05) is 20.6 Å². The van der Waals surface area contributed by atoms with E-state index in [4.69, 9.17) is 15.9 Å². The number of hydrogen-bond acceptors (Lipinski definition) is 4. The van der Waals surface area contributed by atoms with Crippen LogP contribution in [0.25, 0.3) is 0 Å². The van der Waals surface area contributed by atoms with Crippen molar-refractivity contribution in [3.8, 4) is 11.5 Å². The summed E-state index contributed by atoms with van der Waals surface area (Å²) in [6.07, 6.45) is -3.92. The molecule has 0 saturated carbocycles. The molecule has 0 heterocycles. The minimum atomic E-state index is -4.73. The number of likely N-dealkylation sites (N-methyl/N-ethyl adjacent to an activating group) is 1. The third-order valence-electron chi connectivity index (χ3n) is 3.79. The van der Waals surface area contributed by atoms with E-state index in [1.165, 1.54) is 6.07 Å². The first-order valence-electron chi connectivity index (χ1n) is 8.34. The molecule has 2 aromatic carbocycles. The van der Waals surface area contributed by atoms with Crippen molar-refractivity contribution in [3.05, 3.63) is 59.2 Å². The Morgan fingerprint density at radius 2 is 1.82 bits per heavy atom. The average molecular weight is 394 g/mol. The number of nitrogens with two attached hydrogens (primary N) is 1. The van der Waals surface area contributed by atoms with E-state index in [0.717, 1.165) is 24.6 Å². The van der Waals surface area contributed by atoms with Gasteiger partial charge in [0.05, 0.1) is 5.56 Å². The maximum absolute atomic E-state index is 13.4. The summed E-state index contributed by atoms with van der Waals surface area (Å²) in [5.74, 6) is -1.74. The molecule has 4 N–H and O–H groups in total. The number of ether oxygens (including phenoxy) is 1. The number of hydrogen-bond donors (Lipinski definition) is 3. The Morgan fingerprint density at radius 3 is 2.36 bits per heavy atom. The van der Waals surface area contributed by atoms with Crippen LogP contribution in [0.1, 0.15) is 21.5 Å². The molecule has 0 aliphatic carbocycles. The molecule has 0 radical (unpaired) electrons. The van der Waals surface area contributed by atoms with Crippen LogP contribution >= 0.6 is 0 Å². The standard InChI is InChI=1S/C19H21F3N4O2/c1-26(2)10-9-12-3-6-14(7-4-12)28-16-8-5-13(17(27)25-18(23)24)11-15(16)19(20,21)22/h3-8,11H,9-10H2,1-2H3,(H4,23,24,25,27). The molecule has 28 heavy (non-hydrogen) atoms. The van der Waals surface area contributed by atoms with Gasteiger partial charge in [-0.05, 0) is 56.4 Å². The summed E-state index contributed by atoms with van der Waals surface area (Å²) in [6, 6.07) is 9.69. The summed E-state index contributed by atoms with van der Waals surface area (Å²) in [5.41, 5.74) is 4.69. The van der Waals surface area contributed by atoms with Crippen molar-refractivity contribution in [3.63, 3.8) is 0 Å². The quantitative estimate of drug-likeness (QED) is 0.518. The van der Waals surface area contributed by atoms with Gasteiger partial charge in [-0.3, -0.25) is 15.5 Å². The summed E-state index contributed by atoms with van der Waals surface area (Å²) in [4.78, 5) is 13.8. The van der Waals surface area contributed by atoms with Crippen LogP contribution in [0.3, 0.4) is 0 Å². The highest BCUT2D eigenvalue weighted by Gasteiger charge is 2.35. The normalized spacial score (nSPS) is 11.4. The highest BCUT2D eigenvalue weighted by Crippen LogP contribution is 2.38. The molecular weight excluding hydrogens is 373 g/mol.